The van der Waals surface area contributed by atoms with E-state index in [1.165, 1.54) is 48.6 Å². The van der Waals surface area contributed by atoms with Crippen molar-refractivity contribution in [3.63, 3.8) is 0 Å². The number of allylic oxidation sites excluding steroid dienone is 4. The molecule has 9 heteroatoms. The van der Waals surface area contributed by atoms with Gasteiger partial charge in [-0.25, -0.2) is 12.8 Å². The van der Waals surface area contributed by atoms with Crippen molar-refractivity contribution in [2.75, 3.05) is 12.9 Å². The monoisotopic (exact) mass is 550 g/mol. The SMILES string of the molecule is C/C=C\CF.C=C/C=C/c1c(-c2ccc(S(C)(=O)=O)cc2)nn(CCc2ccccc2)c1C(F)(F)F.CC. The number of hydrogen-bond acceptors (Lipinski definition) is 3. The number of aromatic nitrogens is 2. The summed E-state index contributed by atoms with van der Waals surface area (Å²) in [6.45, 7) is 9.02. The molecule has 0 saturated heterocycles. The highest BCUT2D eigenvalue weighted by atomic mass is 32.2. The van der Waals surface area contributed by atoms with E-state index in [0.29, 0.717) is 12.0 Å². The Morgan fingerprint density at radius 3 is 2.08 bits per heavy atom. The molecule has 0 atom stereocenters. The summed E-state index contributed by atoms with van der Waals surface area (Å²) in [6, 6.07) is 14.8. The van der Waals surface area contributed by atoms with E-state index in [-0.39, 0.29) is 29.4 Å². The zero-order valence-corrected chi connectivity index (χ0v) is 22.9. The molecule has 0 unspecified atom stereocenters. The first kappa shape index (κ1) is 32.6. The standard InChI is InChI=1S/C23H21F3N2O2S.C4H7F.C2H6/c1-3-4-10-20-21(18-11-13-19(14-12-18)31(2,29)30)27-28(22(20)23(24,25)26)16-15-17-8-6-5-7-9-17;1-2-3-4-5;1-2/h3-14H,1,15-16H2,2H3;2-3H,4H2,1H3;1-2H3/b10-4+;3-2-;. The van der Waals surface area contributed by atoms with Gasteiger partial charge in [-0.3, -0.25) is 4.68 Å². The molecule has 206 valence electrons. The van der Waals surface area contributed by atoms with Crippen LogP contribution in [0.2, 0.25) is 0 Å². The number of alkyl halides is 4. The van der Waals surface area contributed by atoms with Gasteiger partial charge in [-0.2, -0.15) is 18.3 Å². The van der Waals surface area contributed by atoms with Crippen molar-refractivity contribution in [2.24, 2.45) is 0 Å². The highest BCUT2D eigenvalue weighted by Crippen LogP contribution is 2.38. The zero-order chi connectivity index (χ0) is 28.8. The summed E-state index contributed by atoms with van der Waals surface area (Å²) >= 11 is 0. The molecular weight excluding hydrogens is 516 g/mol. The fourth-order valence-electron chi connectivity index (χ4n) is 3.30. The second-order valence-corrected chi connectivity index (χ2v) is 9.70. The van der Waals surface area contributed by atoms with Crippen LogP contribution in [-0.4, -0.2) is 31.1 Å². The molecule has 3 aromatic rings. The number of nitrogens with zero attached hydrogens (tertiary/aromatic N) is 2. The molecule has 0 aliphatic rings. The maximum Gasteiger partial charge on any atom is 0.433 e. The molecule has 0 bridgehead atoms. The van der Waals surface area contributed by atoms with Crippen LogP contribution in [0.1, 0.15) is 37.6 Å². The molecule has 0 aliphatic carbocycles. The maximum absolute atomic E-state index is 14.0. The maximum atomic E-state index is 14.0. The second-order valence-electron chi connectivity index (χ2n) is 7.68. The molecular formula is C29H34F4N2O2S. The Hall–Kier alpha value is -3.46. The summed E-state index contributed by atoms with van der Waals surface area (Å²) in [5, 5.41) is 4.27. The van der Waals surface area contributed by atoms with Crippen molar-refractivity contribution >= 4 is 15.9 Å². The number of hydrogen-bond donors (Lipinski definition) is 0. The molecule has 0 aliphatic heterocycles. The predicted octanol–water partition coefficient (Wildman–Crippen LogP) is 7.97. The zero-order valence-electron chi connectivity index (χ0n) is 22.0. The lowest BCUT2D eigenvalue weighted by molar-refractivity contribution is -0.144. The Kier molecular flexibility index (Phi) is 13.5. The van der Waals surface area contributed by atoms with Crippen LogP contribution >= 0.6 is 0 Å². The van der Waals surface area contributed by atoms with Crippen LogP contribution in [-0.2, 0) is 29.0 Å². The van der Waals surface area contributed by atoms with Crippen molar-refractivity contribution in [3.05, 3.63) is 102 Å². The highest BCUT2D eigenvalue weighted by Gasteiger charge is 2.39. The first-order valence-electron chi connectivity index (χ1n) is 12.0. The van der Waals surface area contributed by atoms with Gasteiger partial charge in [-0.1, -0.05) is 93.3 Å². The molecule has 0 N–H and O–H groups in total. The Morgan fingerprint density at radius 2 is 1.63 bits per heavy atom. The Morgan fingerprint density at radius 1 is 1.03 bits per heavy atom. The summed E-state index contributed by atoms with van der Waals surface area (Å²) in [5.74, 6) is 0. The van der Waals surface area contributed by atoms with Crippen LogP contribution in [0.25, 0.3) is 17.3 Å². The molecule has 0 spiro atoms. The van der Waals surface area contributed by atoms with E-state index < -0.39 is 21.7 Å². The van der Waals surface area contributed by atoms with E-state index in [4.69, 9.17) is 0 Å². The van der Waals surface area contributed by atoms with E-state index >= 15 is 0 Å². The van der Waals surface area contributed by atoms with Gasteiger partial charge < -0.3 is 0 Å². The minimum atomic E-state index is -4.63. The summed E-state index contributed by atoms with van der Waals surface area (Å²) in [6.07, 6.45) is 4.08. The summed E-state index contributed by atoms with van der Waals surface area (Å²) in [4.78, 5) is 0.0824. The minimum absolute atomic E-state index is 0.0369. The van der Waals surface area contributed by atoms with Crippen LogP contribution in [0, 0.1) is 0 Å². The van der Waals surface area contributed by atoms with Gasteiger partial charge in [0.25, 0.3) is 0 Å². The Bertz CT molecular complexity index is 1290. The van der Waals surface area contributed by atoms with Gasteiger partial charge >= 0.3 is 6.18 Å². The van der Waals surface area contributed by atoms with Gasteiger partial charge in [0, 0.05) is 23.9 Å². The Labute approximate surface area is 222 Å². The molecule has 0 amide bonds. The largest absolute Gasteiger partial charge is 0.433 e. The second kappa shape index (κ2) is 15.7. The molecule has 0 fully saturated rings. The third kappa shape index (κ3) is 9.78. The van der Waals surface area contributed by atoms with Gasteiger partial charge in [0.05, 0.1) is 4.90 Å². The average molecular weight is 551 g/mol. The van der Waals surface area contributed by atoms with Crippen molar-refractivity contribution in [1.82, 2.24) is 9.78 Å². The number of sulfone groups is 1. The fraction of sp³-hybridized carbons (Fsp3) is 0.276. The van der Waals surface area contributed by atoms with Gasteiger partial charge in [0.1, 0.15) is 18.1 Å². The van der Waals surface area contributed by atoms with E-state index in [1.807, 2.05) is 44.2 Å². The molecule has 0 saturated carbocycles. The van der Waals surface area contributed by atoms with Crippen LogP contribution < -0.4 is 0 Å². The topological polar surface area (TPSA) is 52.0 Å². The fourth-order valence-corrected chi connectivity index (χ4v) is 3.93. The molecule has 1 heterocycles. The van der Waals surface area contributed by atoms with Gasteiger partial charge in [0.2, 0.25) is 0 Å². The highest BCUT2D eigenvalue weighted by molar-refractivity contribution is 7.90. The number of aryl methyl sites for hydroxylation is 2. The normalized spacial score (nSPS) is 11.6. The van der Waals surface area contributed by atoms with E-state index in [1.54, 1.807) is 13.0 Å². The van der Waals surface area contributed by atoms with E-state index in [9.17, 15) is 26.0 Å². The van der Waals surface area contributed by atoms with Gasteiger partial charge in [0.15, 0.2) is 9.84 Å². The van der Waals surface area contributed by atoms with Gasteiger partial charge in [-0.15, -0.1) is 0 Å². The van der Waals surface area contributed by atoms with Crippen LogP contribution in [0.15, 0.2) is 90.4 Å². The van der Waals surface area contributed by atoms with Gasteiger partial charge in [-0.05, 0) is 31.0 Å². The average Bonchev–Trinajstić information content (AvgIpc) is 3.27. The lowest BCUT2D eigenvalue weighted by atomic mass is 10.0. The van der Waals surface area contributed by atoms with Crippen molar-refractivity contribution in [3.8, 4) is 11.3 Å². The van der Waals surface area contributed by atoms with E-state index in [0.717, 1.165) is 16.5 Å². The molecule has 1 aromatic heterocycles. The smallest absolute Gasteiger partial charge is 0.259 e. The van der Waals surface area contributed by atoms with Crippen LogP contribution in [0.4, 0.5) is 17.6 Å². The third-order valence-electron chi connectivity index (χ3n) is 4.99. The van der Waals surface area contributed by atoms with Crippen molar-refractivity contribution in [2.45, 2.75) is 44.8 Å². The first-order chi connectivity index (χ1) is 18.0. The minimum Gasteiger partial charge on any atom is -0.259 e. The third-order valence-corrected chi connectivity index (χ3v) is 6.12. The van der Waals surface area contributed by atoms with E-state index in [2.05, 4.69) is 11.7 Å². The van der Waals surface area contributed by atoms with Crippen molar-refractivity contribution in [1.29, 1.82) is 0 Å². The number of benzene rings is 2. The van der Waals surface area contributed by atoms with Crippen molar-refractivity contribution < 1.29 is 26.0 Å². The molecule has 2 aromatic carbocycles. The number of halogens is 4. The molecule has 0 radical (unpaired) electrons. The predicted molar refractivity (Wildman–Crippen MR) is 147 cm³/mol. The Balaban J connectivity index is 0.000000924. The summed E-state index contributed by atoms with van der Waals surface area (Å²) in [7, 11) is -3.42. The number of rotatable bonds is 8. The van der Waals surface area contributed by atoms with Crippen LogP contribution in [0.5, 0.6) is 0 Å². The summed E-state index contributed by atoms with van der Waals surface area (Å²) in [5.41, 5.74) is 0.461. The molecule has 4 nitrogen and oxygen atoms in total. The molecule has 38 heavy (non-hydrogen) atoms. The summed E-state index contributed by atoms with van der Waals surface area (Å²) < 4.78 is 77.3. The molecule has 3 rings (SSSR count). The lowest BCUT2D eigenvalue weighted by Crippen LogP contribution is -2.17. The quantitative estimate of drug-likeness (QED) is 0.162. The van der Waals surface area contributed by atoms with Crippen LogP contribution in [0.3, 0.4) is 0 Å². The lowest BCUT2D eigenvalue weighted by Gasteiger charge is -2.11. The first-order valence-corrected chi connectivity index (χ1v) is 13.9.